The molecule has 0 spiro atoms. The Balaban J connectivity index is 2.83. The SMILES string of the molecule is CCNC(CS(=O)(=O)CCCOC)c1ccc(C)c(C)c1. The summed E-state index contributed by atoms with van der Waals surface area (Å²) in [5, 5.41) is 3.28. The molecule has 0 saturated carbocycles. The van der Waals surface area contributed by atoms with Crippen LogP contribution in [0.3, 0.4) is 0 Å². The van der Waals surface area contributed by atoms with Crippen molar-refractivity contribution < 1.29 is 13.2 Å². The standard InChI is InChI=1S/C16H27NO3S/c1-5-17-16(12-21(18,19)10-6-9-20-4)15-8-7-13(2)14(3)11-15/h7-8,11,16-17H,5-6,9-10,12H2,1-4H3. The molecular formula is C16H27NO3S. The Kier molecular flexibility index (Phi) is 7.35. The van der Waals surface area contributed by atoms with Crippen LogP contribution in [0, 0.1) is 13.8 Å². The molecular weight excluding hydrogens is 286 g/mol. The van der Waals surface area contributed by atoms with Crippen molar-refractivity contribution in [2.45, 2.75) is 33.2 Å². The number of benzene rings is 1. The molecule has 0 aliphatic carbocycles. The molecule has 1 aromatic carbocycles. The van der Waals surface area contributed by atoms with E-state index < -0.39 is 9.84 Å². The van der Waals surface area contributed by atoms with Crippen LogP contribution >= 0.6 is 0 Å². The predicted octanol–water partition coefficient (Wildman–Crippen LogP) is 2.41. The summed E-state index contributed by atoms with van der Waals surface area (Å²) in [6.07, 6.45) is 0.546. The number of ether oxygens (including phenoxy) is 1. The third-order valence-corrected chi connectivity index (χ3v) is 5.36. The van der Waals surface area contributed by atoms with Gasteiger partial charge >= 0.3 is 0 Å². The monoisotopic (exact) mass is 313 g/mol. The number of aryl methyl sites for hydroxylation is 2. The highest BCUT2D eigenvalue weighted by atomic mass is 32.2. The third-order valence-electron chi connectivity index (χ3n) is 3.61. The molecule has 0 heterocycles. The molecule has 5 heteroatoms. The fourth-order valence-corrected chi connectivity index (χ4v) is 3.80. The van der Waals surface area contributed by atoms with Gasteiger partial charge in [-0.25, -0.2) is 8.42 Å². The molecule has 1 unspecified atom stereocenters. The molecule has 0 fully saturated rings. The number of rotatable bonds is 9. The summed E-state index contributed by atoms with van der Waals surface area (Å²) in [5.74, 6) is 0.306. The normalized spacial score (nSPS) is 13.3. The van der Waals surface area contributed by atoms with Gasteiger partial charge in [0.05, 0.1) is 11.5 Å². The Morgan fingerprint density at radius 3 is 2.52 bits per heavy atom. The van der Waals surface area contributed by atoms with Crippen molar-refractivity contribution in [2.75, 3.05) is 31.8 Å². The fourth-order valence-electron chi connectivity index (χ4n) is 2.26. The van der Waals surface area contributed by atoms with Crippen LogP contribution in [0.2, 0.25) is 0 Å². The van der Waals surface area contributed by atoms with Crippen LogP contribution in [0.1, 0.15) is 36.1 Å². The summed E-state index contributed by atoms with van der Waals surface area (Å²) < 4.78 is 29.4. The summed E-state index contributed by atoms with van der Waals surface area (Å²) in [7, 11) is -1.50. The Hall–Kier alpha value is -0.910. The van der Waals surface area contributed by atoms with Gasteiger partial charge in [-0.15, -0.1) is 0 Å². The average Bonchev–Trinajstić information content (AvgIpc) is 2.41. The first kappa shape index (κ1) is 18.1. The molecule has 0 saturated heterocycles. The minimum absolute atomic E-state index is 0.132. The largest absolute Gasteiger partial charge is 0.385 e. The summed E-state index contributed by atoms with van der Waals surface area (Å²) in [6, 6.07) is 5.99. The van der Waals surface area contributed by atoms with E-state index in [1.807, 2.05) is 19.1 Å². The van der Waals surface area contributed by atoms with Gasteiger partial charge in [0.1, 0.15) is 0 Å². The van der Waals surface area contributed by atoms with E-state index in [0.717, 1.165) is 12.1 Å². The Labute approximate surface area is 128 Å². The van der Waals surface area contributed by atoms with E-state index in [1.165, 1.54) is 11.1 Å². The molecule has 0 amide bonds. The zero-order valence-corrected chi connectivity index (χ0v) is 14.3. The number of hydrogen-bond acceptors (Lipinski definition) is 4. The highest BCUT2D eigenvalue weighted by Crippen LogP contribution is 2.19. The van der Waals surface area contributed by atoms with Gasteiger partial charge in [-0.05, 0) is 43.5 Å². The highest BCUT2D eigenvalue weighted by molar-refractivity contribution is 7.91. The molecule has 4 nitrogen and oxygen atoms in total. The number of nitrogens with one attached hydrogen (secondary N) is 1. The van der Waals surface area contributed by atoms with Gasteiger partial charge in [0, 0.05) is 19.8 Å². The zero-order valence-electron chi connectivity index (χ0n) is 13.5. The van der Waals surface area contributed by atoms with Crippen molar-refractivity contribution in [1.82, 2.24) is 5.32 Å². The topological polar surface area (TPSA) is 55.4 Å². The lowest BCUT2D eigenvalue weighted by Gasteiger charge is -2.19. The lowest BCUT2D eigenvalue weighted by atomic mass is 10.0. The highest BCUT2D eigenvalue weighted by Gasteiger charge is 2.20. The molecule has 0 aliphatic heterocycles. The van der Waals surface area contributed by atoms with E-state index in [0.29, 0.717) is 13.0 Å². The molecule has 120 valence electrons. The van der Waals surface area contributed by atoms with E-state index >= 15 is 0 Å². The van der Waals surface area contributed by atoms with Crippen LogP contribution in [0.15, 0.2) is 18.2 Å². The van der Waals surface area contributed by atoms with Crippen molar-refractivity contribution in [1.29, 1.82) is 0 Å². The summed E-state index contributed by atoms with van der Waals surface area (Å²) in [6.45, 7) is 7.32. The molecule has 0 aliphatic rings. The van der Waals surface area contributed by atoms with Crippen molar-refractivity contribution in [3.8, 4) is 0 Å². The van der Waals surface area contributed by atoms with Gasteiger partial charge in [-0.2, -0.15) is 0 Å². The van der Waals surface area contributed by atoms with Crippen LogP contribution in [0.5, 0.6) is 0 Å². The van der Waals surface area contributed by atoms with E-state index in [-0.39, 0.29) is 17.5 Å². The molecule has 0 bridgehead atoms. The number of sulfone groups is 1. The van der Waals surface area contributed by atoms with Crippen LogP contribution in [-0.2, 0) is 14.6 Å². The third kappa shape index (κ3) is 6.16. The Morgan fingerprint density at radius 2 is 1.95 bits per heavy atom. The first-order valence-electron chi connectivity index (χ1n) is 7.39. The molecule has 0 aromatic heterocycles. The molecule has 1 rings (SSSR count). The van der Waals surface area contributed by atoms with E-state index in [1.54, 1.807) is 7.11 Å². The summed E-state index contributed by atoms with van der Waals surface area (Å²) in [5.41, 5.74) is 3.44. The fraction of sp³-hybridized carbons (Fsp3) is 0.625. The molecule has 1 N–H and O–H groups in total. The van der Waals surface area contributed by atoms with Crippen LogP contribution < -0.4 is 5.32 Å². The van der Waals surface area contributed by atoms with Crippen molar-refractivity contribution in [3.63, 3.8) is 0 Å². The van der Waals surface area contributed by atoms with Crippen molar-refractivity contribution >= 4 is 9.84 Å². The summed E-state index contributed by atoms with van der Waals surface area (Å²) >= 11 is 0. The Morgan fingerprint density at radius 1 is 1.24 bits per heavy atom. The molecule has 21 heavy (non-hydrogen) atoms. The van der Waals surface area contributed by atoms with Crippen molar-refractivity contribution in [2.24, 2.45) is 0 Å². The minimum atomic E-state index is -3.09. The van der Waals surface area contributed by atoms with E-state index in [9.17, 15) is 8.42 Å². The van der Waals surface area contributed by atoms with E-state index in [4.69, 9.17) is 4.74 Å². The second-order valence-corrected chi connectivity index (χ2v) is 7.64. The van der Waals surface area contributed by atoms with Gasteiger partial charge in [-0.3, -0.25) is 0 Å². The first-order valence-corrected chi connectivity index (χ1v) is 9.21. The maximum Gasteiger partial charge on any atom is 0.152 e. The molecule has 1 atom stereocenters. The molecule has 1 aromatic rings. The maximum absolute atomic E-state index is 12.2. The zero-order chi connectivity index (χ0) is 15.9. The minimum Gasteiger partial charge on any atom is -0.385 e. The number of hydrogen-bond donors (Lipinski definition) is 1. The van der Waals surface area contributed by atoms with Gasteiger partial charge < -0.3 is 10.1 Å². The van der Waals surface area contributed by atoms with Gasteiger partial charge in [0.15, 0.2) is 9.84 Å². The van der Waals surface area contributed by atoms with E-state index in [2.05, 4.69) is 25.2 Å². The predicted molar refractivity (Wildman–Crippen MR) is 87.5 cm³/mol. The lowest BCUT2D eigenvalue weighted by molar-refractivity contribution is 0.199. The Bertz CT molecular complexity index is 540. The van der Waals surface area contributed by atoms with Crippen LogP contribution in [-0.4, -0.2) is 40.2 Å². The van der Waals surface area contributed by atoms with Gasteiger partial charge in [0.2, 0.25) is 0 Å². The van der Waals surface area contributed by atoms with Gasteiger partial charge in [0.25, 0.3) is 0 Å². The maximum atomic E-state index is 12.2. The van der Waals surface area contributed by atoms with Crippen LogP contribution in [0.25, 0.3) is 0 Å². The second-order valence-electron chi connectivity index (χ2n) is 5.41. The average molecular weight is 313 g/mol. The first-order chi connectivity index (χ1) is 9.89. The molecule has 0 radical (unpaired) electrons. The smallest absolute Gasteiger partial charge is 0.152 e. The van der Waals surface area contributed by atoms with Gasteiger partial charge in [-0.1, -0.05) is 25.1 Å². The second kappa shape index (κ2) is 8.51. The van der Waals surface area contributed by atoms with Crippen LogP contribution in [0.4, 0.5) is 0 Å². The van der Waals surface area contributed by atoms with Crippen molar-refractivity contribution in [3.05, 3.63) is 34.9 Å². The summed E-state index contributed by atoms with van der Waals surface area (Å²) in [4.78, 5) is 0. The quantitative estimate of drug-likeness (QED) is 0.711. The lowest BCUT2D eigenvalue weighted by Crippen LogP contribution is -2.29. The number of methoxy groups -OCH3 is 1.